The number of hydrogen-bond donors (Lipinski definition) is 1. The van der Waals surface area contributed by atoms with Crippen molar-refractivity contribution in [3.8, 4) is 0 Å². The van der Waals surface area contributed by atoms with E-state index in [1.54, 1.807) is 0 Å². The molecule has 0 spiro atoms. The number of thiophene rings is 1. The van der Waals surface area contributed by atoms with Gasteiger partial charge in [0.25, 0.3) is 0 Å². The summed E-state index contributed by atoms with van der Waals surface area (Å²) < 4.78 is 0. The van der Waals surface area contributed by atoms with Gasteiger partial charge in [-0.15, -0.1) is 11.3 Å². The molecule has 4 unspecified atom stereocenters. The number of rotatable bonds is 9. The summed E-state index contributed by atoms with van der Waals surface area (Å²) in [4.78, 5) is 17.3. The van der Waals surface area contributed by atoms with Crippen LogP contribution in [0.15, 0.2) is 27.2 Å². The summed E-state index contributed by atoms with van der Waals surface area (Å²) in [7, 11) is 0. The molecule has 5 nitrogen and oxygen atoms in total. The topological polar surface area (TPSA) is 57.1 Å². The Balaban J connectivity index is 1.25. The number of fused-ring (bicyclic) bond motifs is 1. The number of carbonyl (C=O) groups is 1. The van der Waals surface area contributed by atoms with Crippen LogP contribution in [0.4, 0.5) is 0 Å². The molecule has 208 valence electrons. The van der Waals surface area contributed by atoms with E-state index in [0.29, 0.717) is 23.9 Å². The van der Waals surface area contributed by atoms with E-state index in [1.807, 2.05) is 11.3 Å². The lowest BCUT2D eigenvalue weighted by Gasteiger charge is -2.53. The van der Waals surface area contributed by atoms with Gasteiger partial charge in [0.2, 0.25) is 5.91 Å². The average molecular weight is 537 g/mol. The van der Waals surface area contributed by atoms with Gasteiger partial charge in [0, 0.05) is 41.6 Å². The Hall–Kier alpha value is -1.79. The number of nitrogens with zero attached hydrogens (tertiary/aromatic N) is 3. The molecule has 1 aromatic heterocycles. The van der Waals surface area contributed by atoms with E-state index in [-0.39, 0.29) is 17.9 Å². The summed E-state index contributed by atoms with van der Waals surface area (Å²) >= 11 is 1.83. The maximum atomic E-state index is 13.2. The van der Waals surface area contributed by atoms with Crippen LogP contribution in [-0.2, 0) is 4.79 Å². The molecular formula is C32H48N4OS. The lowest BCUT2D eigenvalue weighted by atomic mass is 9.80. The molecule has 3 heterocycles. The van der Waals surface area contributed by atoms with Gasteiger partial charge in [0.15, 0.2) is 0 Å². The molecule has 1 saturated heterocycles. The van der Waals surface area contributed by atoms with Crippen LogP contribution < -0.4 is 5.32 Å². The van der Waals surface area contributed by atoms with Crippen molar-refractivity contribution >= 4 is 28.7 Å². The van der Waals surface area contributed by atoms with Crippen molar-refractivity contribution in [1.29, 1.82) is 0 Å². The average Bonchev–Trinajstić information content (AvgIpc) is 3.62. The van der Waals surface area contributed by atoms with Gasteiger partial charge < -0.3 is 5.32 Å². The van der Waals surface area contributed by atoms with E-state index in [0.717, 1.165) is 43.9 Å². The number of likely N-dealkylation sites (tertiary alicyclic amines) is 1. The largest absolute Gasteiger partial charge is 0.348 e. The first kappa shape index (κ1) is 27.8. The molecule has 1 amide bonds. The van der Waals surface area contributed by atoms with Crippen LogP contribution >= 0.6 is 11.3 Å². The number of aryl methyl sites for hydroxylation is 1. The van der Waals surface area contributed by atoms with Gasteiger partial charge in [0.1, 0.15) is 0 Å². The quantitative estimate of drug-likeness (QED) is 0.358. The Morgan fingerprint density at radius 1 is 1.18 bits per heavy atom. The molecule has 1 N–H and O–H groups in total. The zero-order chi connectivity index (χ0) is 27.0. The van der Waals surface area contributed by atoms with Crippen LogP contribution in [0, 0.1) is 37.5 Å². The second-order valence-corrected chi connectivity index (χ2v) is 13.6. The van der Waals surface area contributed by atoms with E-state index < -0.39 is 0 Å². The first-order chi connectivity index (χ1) is 18.3. The molecule has 4 aliphatic rings. The van der Waals surface area contributed by atoms with Gasteiger partial charge in [-0.1, -0.05) is 39.7 Å². The second-order valence-electron chi connectivity index (χ2n) is 12.7. The molecule has 0 aromatic carbocycles. The lowest BCUT2D eigenvalue weighted by Crippen LogP contribution is -2.61. The monoisotopic (exact) mass is 536 g/mol. The van der Waals surface area contributed by atoms with Crippen molar-refractivity contribution in [2.24, 2.45) is 33.9 Å². The van der Waals surface area contributed by atoms with Crippen LogP contribution in [0.25, 0.3) is 0 Å². The maximum Gasteiger partial charge on any atom is 0.223 e. The smallest absolute Gasteiger partial charge is 0.223 e. The van der Waals surface area contributed by atoms with Crippen molar-refractivity contribution in [3.05, 3.63) is 33.0 Å². The van der Waals surface area contributed by atoms with Crippen LogP contribution in [-0.4, -0.2) is 40.9 Å². The van der Waals surface area contributed by atoms with Gasteiger partial charge >= 0.3 is 0 Å². The molecule has 0 bridgehead atoms. The van der Waals surface area contributed by atoms with E-state index in [1.165, 1.54) is 59.4 Å². The third-order valence-electron chi connectivity index (χ3n) is 10.0. The van der Waals surface area contributed by atoms with Crippen molar-refractivity contribution in [3.63, 3.8) is 0 Å². The Bertz CT molecular complexity index is 1110. The standard InChI is InChI=1S/C32H48N4OS/c1-7-29-26-15-23(14-25-17-28(19(2)3)35-34-22(25)6)16-30(26)36(29)13-12-27(31-21(5)20(4)18-38-31)33-32(37)24-10-8-9-11-24/h14,18-19,23-24,26-27,29-30H,7-13,15-17H2,1-6H3,(H,33,37)/b25-14-/t23?,26?,27-,29?,30?/m0/s1. The molecule has 1 aromatic rings. The Kier molecular flexibility index (Phi) is 8.59. The Labute approximate surface area is 234 Å². The minimum Gasteiger partial charge on any atom is -0.348 e. The zero-order valence-corrected chi connectivity index (χ0v) is 25.2. The van der Waals surface area contributed by atoms with Crippen LogP contribution in [0.2, 0.25) is 0 Å². The molecule has 5 atom stereocenters. The predicted molar refractivity (Wildman–Crippen MR) is 160 cm³/mol. The fraction of sp³-hybridized carbons (Fsp3) is 0.719. The van der Waals surface area contributed by atoms with E-state index in [4.69, 9.17) is 0 Å². The molecule has 2 aliphatic carbocycles. The van der Waals surface area contributed by atoms with Gasteiger partial charge in [-0.2, -0.15) is 10.2 Å². The number of hydrogen-bond acceptors (Lipinski definition) is 5. The van der Waals surface area contributed by atoms with Crippen molar-refractivity contribution in [2.45, 2.75) is 117 Å². The third kappa shape index (κ3) is 5.58. The molecule has 6 heteroatoms. The molecule has 38 heavy (non-hydrogen) atoms. The number of allylic oxidation sites excluding steroid dienone is 2. The number of nitrogens with one attached hydrogen (secondary N) is 1. The van der Waals surface area contributed by atoms with Gasteiger partial charge in [-0.05, 0) is 99.1 Å². The molecule has 2 aliphatic heterocycles. The molecule has 3 fully saturated rings. The van der Waals surface area contributed by atoms with Gasteiger partial charge in [0.05, 0.1) is 11.8 Å². The molecule has 0 radical (unpaired) electrons. The highest BCUT2D eigenvalue weighted by Gasteiger charge is 2.51. The van der Waals surface area contributed by atoms with E-state index in [9.17, 15) is 4.79 Å². The summed E-state index contributed by atoms with van der Waals surface area (Å²) in [6.07, 6.45) is 12.8. The summed E-state index contributed by atoms with van der Waals surface area (Å²) in [5.41, 5.74) is 6.41. The van der Waals surface area contributed by atoms with Crippen LogP contribution in [0.5, 0.6) is 0 Å². The molecule has 2 saturated carbocycles. The van der Waals surface area contributed by atoms with E-state index in [2.05, 4.69) is 73.4 Å². The normalized spacial score (nSPS) is 29.8. The highest BCUT2D eigenvalue weighted by atomic mass is 32.1. The maximum absolute atomic E-state index is 13.2. The van der Waals surface area contributed by atoms with Crippen LogP contribution in [0.1, 0.15) is 108 Å². The number of carbonyl (C=O) groups excluding carboxylic acids is 1. The minimum absolute atomic E-state index is 0.132. The SMILES string of the molecule is CCC1C2CC(/C=C3/CC(C(C)C)=NN=C3C)CC2N1CC[C@H](NC(=O)C1CCCC1)c1scc(C)c1C. The summed E-state index contributed by atoms with van der Waals surface area (Å²) in [5, 5.41) is 14.7. The predicted octanol–water partition coefficient (Wildman–Crippen LogP) is 7.39. The fourth-order valence-corrected chi connectivity index (χ4v) is 8.67. The fourth-order valence-electron chi connectivity index (χ4n) is 7.51. The van der Waals surface area contributed by atoms with Gasteiger partial charge in [-0.3, -0.25) is 9.69 Å². The Morgan fingerprint density at radius 3 is 2.61 bits per heavy atom. The highest BCUT2D eigenvalue weighted by Crippen LogP contribution is 2.49. The molecular weight excluding hydrogens is 488 g/mol. The first-order valence-corrected chi connectivity index (χ1v) is 16.1. The van der Waals surface area contributed by atoms with Crippen molar-refractivity contribution in [1.82, 2.24) is 10.2 Å². The first-order valence-electron chi connectivity index (χ1n) is 15.2. The van der Waals surface area contributed by atoms with Crippen LogP contribution in [0.3, 0.4) is 0 Å². The van der Waals surface area contributed by atoms with E-state index >= 15 is 0 Å². The van der Waals surface area contributed by atoms with Gasteiger partial charge in [-0.25, -0.2) is 0 Å². The number of amides is 1. The molecule has 5 rings (SSSR count). The summed E-state index contributed by atoms with van der Waals surface area (Å²) in [6, 6.07) is 1.49. The second kappa shape index (κ2) is 11.8. The summed E-state index contributed by atoms with van der Waals surface area (Å²) in [5.74, 6) is 2.39. The van der Waals surface area contributed by atoms with Crippen molar-refractivity contribution in [2.75, 3.05) is 6.54 Å². The highest BCUT2D eigenvalue weighted by molar-refractivity contribution is 7.10. The Morgan fingerprint density at radius 2 is 1.95 bits per heavy atom. The zero-order valence-electron chi connectivity index (χ0n) is 24.4. The lowest BCUT2D eigenvalue weighted by molar-refractivity contribution is -0.125. The third-order valence-corrected chi connectivity index (χ3v) is 11.3. The minimum atomic E-state index is 0.132. The summed E-state index contributed by atoms with van der Waals surface area (Å²) in [6.45, 7) is 14.4. The van der Waals surface area contributed by atoms with Crippen molar-refractivity contribution < 1.29 is 4.79 Å².